The van der Waals surface area contributed by atoms with Gasteiger partial charge >= 0.3 is 0 Å². The van der Waals surface area contributed by atoms with Crippen molar-refractivity contribution in [2.45, 2.75) is 53.2 Å². The summed E-state index contributed by atoms with van der Waals surface area (Å²) in [5.74, 6) is 0.155. The van der Waals surface area contributed by atoms with E-state index in [2.05, 4.69) is 5.32 Å². The van der Waals surface area contributed by atoms with Gasteiger partial charge in [0.2, 0.25) is 5.91 Å². The highest BCUT2D eigenvalue weighted by Gasteiger charge is 2.22. The topological polar surface area (TPSA) is 41.6 Å². The molecule has 0 aliphatic rings. The van der Waals surface area contributed by atoms with Crippen molar-refractivity contribution in [2.75, 3.05) is 26.2 Å². The molecule has 0 aliphatic carbocycles. The number of carbonyl (C=O) groups excluding carboxylic acids is 1. The van der Waals surface area contributed by atoms with Crippen molar-refractivity contribution < 1.29 is 9.53 Å². The number of rotatable bonds is 8. The molecule has 0 aromatic carbocycles. The van der Waals surface area contributed by atoms with E-state index in [4.69, 9.17) is 4.74 Å². The zero-order valence-corrected chi connectivity index (χ0v) is 12.2. The normalized spacial score (nSPS) is 13.5. The summed E-state index contributed by atoms with van der Waals surface area (Å²) < 4.78 is 5.59. The summed E-state index contributed by atoms with van der Waals surface area (Å²) in [6.07, 6.45) is 0. The molecule has 0 radical (unpaired) electrons. The Morgan fingerprint density at radius 3 is 2.24 bits per heavy atom. The molecule has 0 aliphatic heterocycles. The van der Waals surface area contributed by atoms with Crippen molar-refractivity contribution in [3.63, 3.8) is 0 Å². The number of nitrogens with one attached hydrogen (secondary N) is 1. The Labute approximate surface area is 106 Å². The molecule has 17 heavy (non-hydrogen) atoms. The molecular weight excluding hydrogens is 216 g/mol. The second-order valence-electron chi connectivity index (χ2n) is 4.81. The molecule has 0 bridgehead atoms. The highest BCUT2D eigenvalue weighted by atomic mass is 16.5. The summed E-state index contributed by atoms with van der Waals surface area (Å²) in [6.45, 7) is 14.8. The fourth-order valence-corrected chi connectivity index (χ4v) is 1.74. The first-order valence-electron chi connectivity index (χ1n) is 6.54. The summed E-state index contributed by atoms with van der Waals surface area (Å²) >= 11 is 0. The third-order valence-corrected chi connectivity index (χ3v) is 2.81. The van der Waals surface area contributed by atoms with Gasteiger partial charge in [-0.2, -0.15) is 0 Å². The van der Waals surface area contributed by atoms with Gasteiger partial charge in [-0.15, -0.1) is 0 Å². The maximum absolute atomic E-state index is 12.0. The number of ether oxygens (including phenoxy) is 1. The number of nitrogens with zero attached hydrogens (tertiary/aromatic N) is 1. The molecule has 0 heterocycles. The number of hydrogen-bond donors (Lipinski definition) is 1. The Kier molecular flexibility index (Phi) is 7.39. The second kappa shape index (κ2) is 7.67. The smallest absolute Gasteiger partial charge is 0.239 e. The van der Waals surface area contributed by atoms with Crippen molar-refractivity contribution in [2.24, 2.45) is 0 Å². The molecule has 1 amide bonds. The fraction of sp³-hybridized carbons (Fsp3) is 0.923. The molecule has 1 unspecified atom stereocenters. The zero-order valence-electron chi connectivity index (χ0n) is 12.2. The maximum atomic E-state index is 12.0. The summed E-state index contributed by atoms with van der Waals surface area (Å²) in [5.41, 5.74) is -0.230. The van der Waals surface area contributed by atoms with Crippen LogP contribution >= 0.6 is 0 Å². The van der Waals surface area contributed by atoms with Crippen LogP contribution in [0.2, 0.25) is 0 Å². The van der Waals surface area contributed by atoms with Gasteiger partial charge < -0.3 is 15.0 Å². The van der Waals surface area contributed by atoms with Crippen molar-refractivity contribution in [1.29, 1.82) is 0 Å². The highest BCUT2D eigenvalue weighted by molar-refractivity contribution is 5.81. The molecule has 0 saturated heterocycles. The zero-order chi connectivity index (χ0) is 13.5. The first-order valence-corrected chi connectivity index (χ1v) is 6.54. The van der Waals surface area contributed by atoms with E-state index in [-0.39, 0.29) is 17.6 Å². The van der Waals surface area contributed by atoms with Gasteiger partial charge in [-0.1, -0.05) is 0 Å². The first-order chi connectivity index (χ1) is 7.87. The largest absolute Gasteiger partial charge is 0.375 e. The van der Waals surface area contributed by atoms with Crippen LogP contribution in [0.4, 0.5) is 0 Å². The molecule has 0 spiro atoms. The molecule has 0 aromatic rings. The van der Waals surface area contributed by atoms with Crippen molar-refractivity contribution in [3.05, 3.63) is 0 Å². The summed E-state index contributed by atoms with van der Waals surface area (Å²) in [7, 11) is 0. The number of hydrogen-bond acceptors (Lipinski definition) is 3. The minimum atomic E-state index is -0.230. The van der Waals surface area contributed by atoms with Gasteiger partial charge in [0, 0.05) is 26.2 Å². The molecular formula is C13H28N2O2. The van der Waals surface area contributed by atoms with Crippen molar-refractivity contribution >= 4 is 5.91 Å². The summed E-state index contributed by atoms with van der Waals surface area (Å²) in [5, 5.41) is 3.24. The minimum absolute atomic E-state index is 0.155. The molecule has 0 saturated carbocycles. The van der Waals surface area contributed by atoms with E-state index in [1.54, 1.807) is 0 Å². The van der Waals surface area contributed by atoms with E-state index in [0.717, 1.165) is 13.1 Å². The predicted molar refractivity (Wildman–Crippen MR) is 71.1 cm³/mol. The average molecular weight is 244 g/mol. The van der Waals surface area contributed by atoms with Gasteiger partial charge in [0.1, 0.15) is 0 Å². The van der Waals surface area contributed by atoms with Crippen LogP contribution in [-0.4, -0.2) is 48.7 Å². The van der Waals surface area contributed by atoms with Gasteiger partial charge in [-0.05, 0) is 41.5 Å². The van der Waals surface area contributed by atoms with E-state index in [9.17, 15) is 4.79 Å². The lowest BCUT2D eigenvalue weighted by atomic mass is 10.1. The fourth-order valence-electron chi connectivity index (χ4n) is 1.74. The third kappa shape index (κ3) is 6.03. The molecule has 4 heteroatoms. The Hall–Kier alpha value is -0.610. The average Bonchev–Trinajstić information content (AvgIpc) is 2.27. The van der Waals surface area contributed by atoms with E-state index in [0.29, 0.717) is 13.2 Å². The van der Waals surface area contributed by atoms with Crippen LogP contribution in [0.5, 0.6) is 0 Å². The van der Waals surface area contributed by atoms with Gasteiger partial charge in [0.25, 0.3) is 0 Å². The monoisotopic (exact) mass is 244 g/mol. The second-order valence-corrected chi connectivity index (χ2v) is 4.81. The first kappa shape index (κ1) is 16.4. The van der Waals surface area contributed by atoms with Crippen LogP contribution in [0.3, 0.4) is 0 Å². The van der Waals surface area contributed by atoms with Gasteiger partial charge in [-0.25, -0.2) is 0 Å². The van der Waals surface area contributed by atoms with E-state index >= 15 is 0 Å². The van der Waals surface area contributed by atoms with Crippen molar-refractivity contribution in [3.8, 4) is 0 Å². The molecule has 0 fully saturated rings. The van der Waals surface area contributed by atoms with E-state index in [1.165, 1.54) is 0 Å². The van der Waals surface area contributed by atoms with Crippen LogP contribution in [-0.2, 0) is 9.53 Å². The lowest BCUT2D eigenvalue weighted by Crippen LogP contribution is -2.49. The number of likely N-dealkylation sites (N-methyl/N-ethyl adjacent to an activating group) is 1. The maximum Gasteiger partial charge on any atom is 0.239 e. The Morgan fingerprint density at radius 1 is 1.29 bits per heavy atom. The Bertz CT molecular complexity index is 225. The number of carbonyl (C=O) groups is 1. The highest BCUT2D eigenvalue weighted by Crippen LogP contribution is 2.07. The quantitative estimate of drug-likeness (QED) is 0.706. The van der Waals surface area contributed by atoms with Crippen LogP contribution in [0.1, 0.15) is 41.5 Å². The standard InChI is InChI=1S/C13H28N2O2/c1-7-15(8-2)12(16)11(4)14-10-13(5,6)17-9-3/h11,14H,7-10H2,1-6H3. The molecule has 0 rings (SSSR count). The van der Waals surface area contributed by atoms with Gasteiger partial charge in [-0.3, -0.25) is 4.79 Å². The lowest BCUT2D eigenvalue weighted by molar-refractivity contribution is -0.133. The molecule has 1 atom stereocenters. The third-order valence-electron chi connectivity index (χ3n) is 2.81. The SMILES string of the molecule is CCOC(C)(C)CNC(C)C(=O)N(CC)CC. The summed E-state index contributed by atoms with van der Waals surface area (Å²) in [6, 6.07) is -0.158. The molecule has 1 N–H and O–H groups in total. The minimum Gasteiger partial charge on any atom is -0.375 e. The molecule has 0 aromatic heterocycles. The van der Waals surface area contributed by atoms with Gasteiger partial charge in [0.15, 0.2) is 0 Å². The lowest BCUT2D eigenvalue weighted by Gasteiger charge is -2.29. The number of amides is 1. The predicted octanol–water partition coefficient (Wildman–Crippen LogP) is 1.65. The summed E-state index contributed by atoms with van der Waals surface area (Å²) in [4.78, 5) is 13.8. The molecule has 102 valence electrons. The Morgan fingerprint density at radius 2 is 1.82 bits per heavy atom. The van der Waals surface area contributed by atoms with Crippen LogP contribution in [0, 0.1) is 0 Å². The van der Waals surface area contributed by atoms with Crippen molar-refractivity contribution in [1.82, 2.24) is 10.2 Å². The van der Waals surface area contributed by atoms with E-state index in [1.807, 2.05) is 46.4 Å². The van der Waals surface area contributed by atoms with Gasteiger partial charge in [0.05, 0.1) is 11.6 Å². The van der Waals surface area contributed by atoms with Crippen LogP contribution < -0.4 is 5.32 Å². The molecule has 4 nitrogen and oxygen atoms in total. The van der Waals surface area contributed by atoms with Crippen LogP contribution in [0.15, 0.2) is 0 Å². The van der Waals surface area contributed by atoms with Crippen LogP contribution in [0.25, 0.3) is 0 Å². The Balaban J connectivity index is 4.17. The van der Waals surface area contributed by atoms with E-state index < -0.39 is 0 Å².